The maximum atomic E-state index is 13.3. The van der Waals surface area contributed by atoms with Crippen molar-refractivity contribution in [1.29, 1.82) is 0 Å². The summed E-state index contributed by atoms with van der Waals surface area (Å²) in [5.74, 6) is 3.64. The van der Waals surface area contributed by atoms with Crippen molar-refractivity contribution in [2.45, 2.75) is 24.5 Å². The standard InChI is InChI=1S/C22H22F3N7O6S/c1-3-4-11-32-16-17(27-20(32)31-12-9-26-10-13-31)28-21(30(2)18(16)33)37-14-5-7-15(8-6-14)39(35,36)29-38-19(34)22(23,24)25/h5-8,26,29H,9-13H2,1-2H3. The average Bonchev–Trinajstić information content (AvgIpc) is 3.27. The van der Waals surface area contributed by atoms with Crippen LogP contribution in [-0.2, 0) is 33.2 Å². The Bertz CT molecular complexity index is 1620. The molecule has 3 heterocycles. The lowest BCUT2D eigenvalue weighted by molar-refractivity contribution is -0.203. The lowest BCUT2D eigenvalue weighted by Gasteiger charge is -2.28. The fraction of sp³-hybridized carbons (Fsp3) is 0.364. The summed E-state index contributed by atoms with van der Waals surface area (Å²) < 4.78 is 69.6. The van der Waals surface area contributed by atoms with Crippen molar-refractivity contribution in [2.75, 3.05) is 31.1 Å². The summed E-state index contributed by atoms with van der Waals surface area (Å²) in [6.07, 6.45) is -5.38. The molecule has 0 bridgehead atoms. The van der Waals surface area contributed by atoms with E-state index in [4.69, 9.17) is 4.74 Å². The van der Waals surface area contributed by atoms with Crippen LogP contribution in [0, 0.1) is 11.8 Å². The molecule has 0 spiro atoms. The number of anilines is 1. The molecule has 1 aliphatic heterocycles. The van der Waals surface area contributed by atoms with E-state index in [1.165, 1.54) is 19.2 Å². The van der Waals surface area contributed by atoms with Crippen LogP contribution < -0.4 is 25.4 Å². The first kappa shape index (κ1) is 27.9. The highest BCUT2D eigenvalue weighted by Crippen LogP contribution is 2.25. The zero-order chi connectivity index (χ0) is 28.4. The normalized spacial score (nSPS) is 14.1. The van der Waals surface area contributed by atoms with Gasteiger partial charge in [0.05, 0.1) is 11.4 Å². The average molecular weight is 570 g/mol. The molecule has 0 amide bonds. The molecule has 1 aliphatic rings. The Balaban J connectivity index is 1.61. The molecular weight excluding hydrogens is 547 g/mol. The number of hydrogen-bond acceptors (Lipinski definition) is 10. The van der Waals surface area contributed by atoms with Crippen LogP contribution in [0.15, 0.2) is 34.0 Å². The molecule has 1 fully saturated rings. The number of alkyl halides is 3. The lowest BCUT2D eigenvalue weighted by atomic mass is 10.3. The molecule has 2 aromatic heterocycles. The number of nitrogens with zero attached hydrogens (tertiary/aromatic N) is 5. The van der Waals surface area contributed by atoms with Crippen LogP contribution in [0.4, 0.5) is 19.1 Å². The molecule has 1 saturated heterocycles. The molecule has 17 heteroatoms. The number of benzene rings is 1. The first-order chi connectivity index (χ1) is 18.4. The zero-order valence-electron chi connectivity index (χ0n) is 20.6. The van der Waals surface area contributed by atoms with E-state index in [-0.39, 0.29) is 29.5 Å². The van der Waals surface area contributed by atoms with Gasteiger partial charge in [-0.3, -0.25) is 13.9 Å². The first-order valence-electron chi connectivity index (χ1n) is 11.3. The summed E-state index contributed by atoms with van der Waals surface area (Å²) in [7, 11) is -3.18. The highest BCUT2D eigenvalue weighted by Gasteiger charge is 2.42. The van der Waals surface area contributed by atoms with Crippen LogP contribution >= 0.6 is 0 Å². The number of fused-ring (bicyclic) bond motifs is 1. The third kappa shape index (κ3) is 5.97. The molecule has 0 atom stereocenters. The SMILES string of the molecule is CC#CCn1c(N2CCNCC2)nc2nc(Oc3ccc(S(=O)(=O)NOC(=O)C(F)(F)F)cc3)n(C)c(=O)c21. The number of aromatic nitrogens is 4. The van der Waals surface area contributed by atoms with Crippen LogP contribution in [0.1, 0.15) is 6.92 Å². The van der Waals surface area contributed by atoms with Crippen molar-refractivity contribution in [3.8, 4) is 23.6 Å². The van der Waals surface area contributed by atoms with Crippen molar-refractivity contribution in [3.05, 3.63) is 34.6 Å². The lowest BCUT2D eigenvalue weighted by Crippen LogP contribution is -2.44. The van der Waals surface area contributed by atoms with Gasteiger partial charge in [0.2, 0.25) is 5.95 Å². The molecule has 0 saturated carbocycles. The van der Waals surface area contributed by atoms with Crippen molar-refractivity contribution < 1.29 is 36.0 Å². The van der Waals surface area contributed by atoms with Gasteiger partial charge in [-0.05, 0) is 36.1 Å². The second-order valence-corrected chi connectivity index (χ2v) is 9.78. The van der Waals surface area contributed by atoms with E-state index in [2.05, 4.69) is 32.0 Å². The molecule has 208 valence electrons. The highest BCUT2D eigenvalue weighted by molar-refractivity contribution is 7.89. The fourth-order valence-corrected chi connectivity index (χ4v) is 4.40. The number of carbonyl (C=O) groups excluding carboxylic acids is 1. The minimum absolute atomic E-state index is 0.0571. The Hall–Kier alpha value is -4.14. The van der Waals surface area contributed by atoms with Crippen molar-refractivity contribution in [1.82, 2.24) is 29.3 Å². The Morgan fingerprint density at radius 2 is 1.85 bits per heavy atom. The molecule has 0 aliphatic carbocycles. The largest absolute Gasteiger partial charge is 0.492 e. The van der Waals surface area contributed by atoms with E-state index in [1.54, 1.807) is 11.5 Å². The molecule has 2 N–H and O–H groups in total. The summed E-state index contributed by atoms with van der Waals surface area (Å²) in [6.45, 7) is 4.75. The minimum atomic E-state index is -5.38. The van der Waals surface area contributed by atoms with Gasteiger partial charge < -0.3 is 19.8 Å². The Labute approximate surface area is 219 Å². The molecule has 0 unspecified atom stereocenters. The second-order valence-electron chi connectivity index (χ2n) is 8.14. The minimum Gasteiger partial charge on any atom is -0.425 e. The number of halogens is 3. The predicted octanol–water partition coefficient (Wildman–Crippen LogP) is 0.654. The predicted molar refractivity (Wildman–Crippen MR) is 130 cm³/mol. The van der Waals surface area contributed by atoms with Crippen LogP contribution in [-0.4, -0.2) is 65.8 Å². The van der Waals surface area contributed by atoms with Crippen LogP contribution in [0.2, 0.25) is 0 Å². The highest BCUT2D eigenvalue weighted by atomic mass is 32.2. The number of hydrogen-bond donors (Lipinski definition) is 2. The van der Waals surface area contributed by atoms with Gasteiger partial charge in [-0.2, -0.15) is 23.1 Å². The summed E-state index contributed by atoms with van der Waals surface area (Å²) in [5, 5.41) is 3.25. The van der Waals surface area contributed by atoms with E-state index in [9.17, 15) is 31.2 Å². The molecule has 0 radical (unpaired) electrons. The number of piperazine rings is 1. The second kappa shape index (κ2) is 10.9. The zero-order valence-corrected chi connectivity index (χ0v) is 21.4. The third-order valence-electron chi connectivity index (χ3n) is 5.56. The Kier molecular flexibility index (Phi) is 7.81. The Morgan fingerprint density at radius 1 is 1.18 bits per heavy atom. The van der Waals surface area contributed by atoms with Crippen molar-refractivity contribution >= 4 is 33.1 Å². The van der Waals surface area contributed by atoms with Crippen LogP contribution in [0.5, 0.6) is 11.8 Å². The summed E-state index contributed by atoms with van der Waals surface area (Å²) in [5.41, 5.74) is -0.0758. The molecule has 39 heavy (non-hydrogen) atoms. The third-order valence-corrected chi connectivity index (χ3v) is 6.75. The topological polar surface area (TPSA) is 150 Å². The van der Waals surface area contributed by atoms with Crippen molar-refractivity contribution in [3.63, 3.8) is 0 Å². The molecule has 4 rings (SSSR count). The summed E-state index contributed by atoms with van der Waals surface area (Å²) in [4.78, 5) is 39.2. The Morgan fingerprint density at radius 3 is 2.46 bits per heavy atom. The van der Waals surface area contributed by atoms with Crippen molar-refractivity contribution in [2.24, 2.45) is 7.05 Å². The van der Waals surface area contributed by atoms with E-state index < -0.39 is 32.6 Å². The van der Waals surface area contributed by atoms with E-state index in [0.717, 1.165) is 34.7 Å². The van der Waals surface area contributed by atoms with Gasteiger partial charge in [-0.1, -0.05) is 5.92 Å². The quantitative estimate of drug-likeness (QED) is 0.307. The van der Waals surface area contributed by atoms with Gasteiger partial charge in [-0.15, -0.1) is 5.92 Å². The molecular formula is C22H22F3N7O6S. The number of ether oxygens (including phenoxy) is 1. The van der Waals surface area contributed by atoms with Gasteiger partial charge in [0.15, 0.2) is 11.2 Å². The molecule has 3 aromatic rings. The van der Waals surface area contributed by atoms with E-state index >= 15 is 0 Å². The first-order valence-corrected chi connectivity index (χ1v) is 12.8. The number of nitrogens with one attached hydrogen (secondary N) is 2. The monoisotopic (exact) mass is 569 g/mol. The van der Waals surface area contributed by atoms with E-state index in [1.807, 2.05) is 4.90 Å². The van der Waals surface area contributed by atoms with Gasteiger partial charge in [0, 0.05) is 33.2 Å². The van der Waals surface area contributed by atoms with Crippen LogP contribution in [0.25, 0.3) is 11.2 Å². The number of carbonyl (C=O) groups is 1. The van der Waals surface area contributed by atoms with Gasteiger partial charge in [-0.25, -0.2) is 13.2 Å². The molecule has 1 aromatic carbocycles. The number of rotatable bonds is 7. The summed E-state index contributed by atoms with van der Waals surface area (Å²) in [6, 6.07) is 4.21. The van der Waals surface area contributed by atoms with Gasteiger partial charge in [0.25, 0.3) is 15.6 Å². The van der Waals surface area contributed by atoms with Crippen LogP contribution in [0.3, 0.4) is 0 Å². The van der Waals surface area contributed by atoms with Gasteiger partial charge >= 0.3 is 18.2 Å². The smallest absolute Gasteiger partial charge is 0.425 e. The number of sulfonamides is 1. The summed E-state index contributed by atoms with van der Waals surface area (Å²) >= 11 is 0. The maximum Gasteiger partial charge on any atom is 0.492 e. The molecule has 13 nitrogen and oxygen atoms in total. The fourth-order valence-electron chi connectivity index (χ4n) is 3.63. The number of imidazole rings is 1. The maximum absolute atomic E-state index is 13.3. The van der Waals surface area contributed by atoms with E-state index in [0.29, 0.717) is 19.0 Å². The van der Waals surface area contributed by atoms with Gasteiger partial charge in [0.1, 0.15) is 5.75 Å².